The number of H-pyrrole nitrogens is 1. The molecule has 0 saturated heterocycles. The summed E-state index contributed by atoms with van der Waals surface area (Å²) in [6, 6.07) is 15.4. The van der Waals surface area contributed by atoms with Crippen LogP contribution >= 0.6 is 23.8 Å². The maximum atomic E-state index is 12.8. The number of nitrogens with one attached hydrogen (secondary N) is 2. The van der Waals surface area contributed by atoms with Crippen molar-refractivity contribution in [1.82, 2.24) is 14.9 Å². The second-order valence-electron chi connectivity index (χ2n) is 7.23. The molecular formula is C21H23ClN4OS. The number of rotatable bonds is 6. The van der Waals surface area contributed by atoms with Gasteiger partial charge < -0.3 is 0 Å². The molecule has 3 rings (SSSR count). The van der Waals surface area contributed by atoms with Gasteiger partial charge in [0.15, 0.2) is 5.82 Å². The normalized spacial score (nSPS) is 12.2. The zero-order valence-electron chi connectivity index (χ0n) is 16.1. The number of aromatic amines is 1. The standard InChI is InChI=1S/C21H23ClN4OS/c1-13(2)12-15-4-6-16(7-5-15)14(3)20(27)25-26-19(23-24-21(26)28)17-8-10-18(22)11-9-17/h4-11,13-14H,12H2,1-3H3,(H,24,28)(H,25,27). The molecule has 146 valence electrons. The largest absolute Gasteiger partial charge is 0.273 e. The zero-order chi connectivity index (χ0) is 20.3. The second-order valence-corrected chi connectivity index (χ2v) is 8.06. The van der Waals surface area contributed by atoms with Gasteiger partial charge >= 0.3 is 0 Å². The number of halogens is 1. The predicted molar refractivity (Wildman–Crippen MR) is 116 cm³/mol. The Bertz CT molecular complexity index is 1010. The quantitative estimate of drug-likeness (QED) is 0.535. The molecule has 0 saturated carbocycles. The first kappa shape index (κ1) is 20.3. The van der Waals surface area contributed by atoms with E-state index in [4.69, 9.17) is 23.8 Å². The van der Waals surface area contributed by atoms with Crippen molar-refractivity contribution >= 4 is 29.7 Å². The second kappa shape index (κ2) is 8.71. The minimum atomic E-state index is -0.331. The Labute approximate surface area is 174 Å². The number of nitrogens with zero attached hydrogens (tertiary/aromatic N) is 2. The SMILES string of the molecule is CC(C)Cc1ccc(C(C)C(=O)Nn2c(-c3ccc(Cl)cc3)n[nH]c2=S)cc1. The topological polar surface area (TPSA) is 62.7 Å². The van der Waals surface area contributed by atoms with E-state index in [1.165, 1.54) is 10.2 Å². The summed E-state index contributed by atoms with van der Waals surface area (Å²) in [5.41, 5.74) is 5.88. The van der Waals surface area contributed by atoms with Gasteiger partial charge in [0.1, 0.15) is 0 Å². The van der Waals surface area contributed by atoms with Gasteiger partial charge in [-0.15, -0.1) is 0 Å². The summed E-state index contributed by atoms with van der Waals surface area (Å²) in [5.74, 6) is 0.627. The van der Waals surface area contributed by atoms with Crippen LogP contribution in [-0.2, 0) is 11.2 Å². The summed E-state index contributed by atoms with van der Waals surface area (Å²) in [4.78, 5) is 12.8. The summed E-state index contributed by atoms with van der Waals surface area (Å²) in [6.45, 7) is 6.26. The van der Waals surface area contributed by atoms with Crippen molar-refractivity contribution in [1.29, 1.82) is 0 Å². The third kappa shape index (κ3) is 4.69. The molecule has 3 aromatic rings. The Hall–Kier alpha value is -2.44. The molecule has 0 aliphatic heterocycles. The molecule has 0 radical (unpaired) electrons. The third-order valence-corrected chi connectivity index (χ3v) is 5.04. The Morgan fingerprint density at radius 2 is 1.79 bits per heavy atom. The van der Waals surface area contributed by atoms with Crippen molar-refractivity contribution < 1.29 is 4.79 Å². The van der Waals surface area contributed by atoms with Crippen LogP contribution in [0.4, 0.5) is 0 Å². The van der Waals surface area contributed by atoms with Gasteiger partial charge in [0.25, 0.3) is 0 Å². The maximum absolute atomic E-state index is 12.8. The fourth-order valence-corrected chi connectivity index (χ4v) is 3.27. The molecular weight excluding hydrogens is 392 g/mol. The van der Waals surface area contributed by atoms with Crippen LogP contribution in [-0.4, -0.2) is 20.8 Å². The number of benzene rings is 2. The van der Waals surface area contributed by atoms with Gasteiger partial charge in [-0.2, -0.15) is 5.10 Å². The van der Waals surface area contributed by atoms with Gasteiger partial charge in [-0.25, -0.2) is 9.77 Å². The molecule has 1 amide bonds. The Kier molecular flexibility index (Phi) is 6.31. The van der Waals surface area contributed by atoms with Crippen LogP contribution in [0.25, 0.3) is 11.4 Å². The number of hydrogen-bond acceptors (Lipinski definition) is 3. The first-order valence-corrected chi connectivity index (χ1v) is 9.97. The van der Waals surface area contributed by atoms with E-state index in [9.17, 15) is 4.79 Å². The van der Waals surface area contributed by atoms with Crippen LogP contribution in [0.1, 0.15) is 37.8 Å². The highest BCUT2D eigenvalue weighted by Crippen LogP contribution is 2.21. The maximum Gasteiger partial charge on any atom is 0.246 e. The first-order chi connectivity index (χ1) is 13.3. The Morgan fingerprint density at radius 1 is 1.14 bits per heavy atom. The fourth-order valence-electron chi connectivity index (χ4n) is 2.97. The van der Waals surface area contributed by atoms with Crippen LogP contribution in [0, 0.1) is 10.7 Å². The Morgan fingerprint density at radius 3 is 2.39 bits per heavy atom. The average Bonchev–Trinajstić information content (AvgIpc) is 3.02. The third-order valence-electron chi connectivity index (χ3n) is 4.51. The molecule has 1 unspecified atom stereocenters. The molecule has 0 fully saturated rings. The zero-order valence-corrected chi connectivity index (χ0v) is 17.6. The van der Waals surface area contributed by atoms with Gasteiger partial charge in [0.2, 0.25) is 10.7 Å². The highest BCUT2D eigenvalue weighted by Gasteiger charge is 2.18. The van der Waals surface area contributed by atoms with Gasteiger partial charge in [0.05, 0.1) is 5.92 Å². The lowest BCUT2D eigenvalue weighted by atomic mass is 9.96. The van der Waals surface area contributed by atoms with E-state index in [1.54, 1.807) is 12.1 Å². The van der Waals surface area contributed by atoms with Gasteiger partial charge in [0, 0.05) is 10.6 Å². The molecule has 1 aromatic heterocycles. The number of hydrogen-bond donors (Lipinski definition) is 2. The molecule has 0 aliphatic carbocycles. The predicted octanol–water partition coefficient (Wildman–Crippen LogP) is 5.33. The molecule has 5 nitrogen and oxygen atoms in total. The van der Waals surface area contributed by atoms with Crippen LogP contribution in [0.3, 0.4) is 0 Å². The number of amides is 1. The smallest absolute Gasteiger partial charge is 0.246 e. The van der Waals surface area contributed by atoms with E-state index >= 15 is 0 Å². The molecule has 2 N–H and O–H groups in total. The van der Waals surface area contributed by atoms with Crippen molar-refractivity contribution in [2.45, 2.75) is 33.1 Å². The molecule has 1 heterocycles. The van der Waals surface area contributed by atoms with Crippen molar-refractivity contribution in [2.24, 2.45) is 5.92 Å². The van der Waals surface area contributed by atoms with Crippen LogP contribution in [0.5, 0.6) is 0 Å². The summed E-state index contributed by atoms with van der Waals surface area (Å²) in [5, 5.41) is 7.58. The van der Waals surface area contributed by atoms with Gasteiger partial charge in [-0.3, -0.25) is 10.2 Å². The highest BCUT2D eigenvalue weighted by atomic mass is 35.5. The summed E-state index contributed by atoms with van der Waals surface area (Å²) < 4.78 is 1.81. The summed E-state index contributed by atoms with van der Waals surface area (Å²) in [6.07, 6.45) is 1.02. The van der Waals surface area contributed by atoms with Crippen molar-refractivity contribution in [3.05, 3.63) is 69.5 Å². The van der Waals surface area contributed by atoms with Crippen LogP contribution in [0.2, 0.25) is 5.02 Å². The number of carbonyl (C=O) groups excluding carboxylic acids is 1. The molecule has 0 bridgehead atoms. The lowest BCUT2D eigenvalue weighted by molar-refractivity contribution is -0.118. The van der Waals surface area contributed by atoms with E-state index in [0.717, 1.165) is 17.5 Å². The Balaban J connectivity index is 1.78. The lowest BCUT2D eigenvalue weighted by Gasteiger charge is -2.15. The van der Waals surface area contributed by atoms with Crippen LogP contribution in [0.15, 0.2) is 48.5 Å². The van der Waals surface area contributed by atoms with E-state index in [0.29, 0.717) is 21.5 Å². The van der Waals surface area contributed by atoms with E-state index in [1.807, 2.05) is 31.2 Å². The molecule has 2 aromatic carbocycles. The van der Waals surface area contributed by atoms with Gasteiger partial charge in [-0.05, 0) is 66.9 Å². The fraction of sp³-hybridized carbons (Fsp3) is 0.286. The van der Waals surface area contributed by atoms with E-state index < -0.39 is 0 Å². The minimum absolute atomic E-state index is 0.163. The number of carbonyl (C=O) groups is 1. The highest BCUT2D eigenvalue weighted by molar-refractivity contribution is 7.71. The van der Waals surface area contributed by atoms with E-state index in [2.05, 4.69) is 41.6 Å². The first-order valence-electron chi connectivity index (χ1n) is 9.18. The van der Waals surface area contributed by atoms with Crippen molar-refractivity contribution in [3.8, 4) is 11.4 Å². The molecule has 28 heavy (non-hydrogen) atoms. The average molecular weight is 415 g/mol. The van der Waals surface area contributed by atoms with Gasteiger partial charge in [-0.1, -0.05) is 49.7 Å². The summed E-state index contributed by atoms with van der Waals surface area (Å²) >= 11 is 11.2. The minimum Gasteiger partial charge on any atom is -0.273 e. The van der Waals surface area contributed by atoms with E-state index in [-0.39, 0.29) is 11.8 Å². The van der Waals surface area contributed by atoms with Crippen LogP contribution < -0.4 is 5.43 Å². The number of aromatic nitrogens is 3. The molecule has 7 heteroatoms. The van der Waals surface area contributed by atoms with Crippen molar-refractivity contribution in [2.75, 3.05) is 5.43 Å². The molecule has 0 spiro atoms. The molecule has 1 atom stereocenters. The summed E-state index contributed by atoms with van der Waals surface area (Å²) in [7, 11) is 0. The monoisotopic (exact) mass is 414 g/mol. The lowest BCUT2D eigenvalue weighted by Crippen LogP contribution is -2.28. The molecule has 0 aliphatic rings. The van der Waals surface area contributed by atoms with Crippen molar-refractivity contribution in [3.63, 3.8) is 0 Å².